The molecule has 0 N–H and O–H groups in total. The van der Waals surface area contributed by atoms with Gasteiger partial charge < -0.3 is 4.42 Å². The Balaban J connectivity index is 2.11. The number of benzene rings is 1. The Morgan fingerprint density at radius 3 is 2.85 bits per heavy atom. The Hall–Kier alpha value is -2.25. The standard InChI is InChI=1S/C16H12N2OS/c1-2-3-11-20-16-12-7-4-5-8-13(12)17-15(18-16)14-9-6-10-19-14/h4-10H,11H2,1H3. The zero-order valence-electron chi connectivity index (χ0n) is 11.0. The number of nitrogens with zero attached hydrogens (tertiary/aromatic N) is 2. The molecule has 2 aromatic heterocycles. The minimum atomic E-state index is 0.612. The first kappa shape index (κ1) is 12.8. The van der Waals surface area contributed by atoms with Crippen LogP contribution < -0.4 is 0 Å². The van der Waals surface area contributed by atoms with Crippen molar-refractivity contribution >= 4 is 22.7 Å². The first-order valence-electron chi connectivity index (χ1n) is 6.21. The average molecular weight is 280 g/mol. The number of para-hydroxylation sites is 1. The second-order valence-corrected chi connectivity index (χ2v) is 5.03. The van der Waals surface area contributed by atoms with E-state index in [4.69, 9.17) is 4.42 Å². The summed E-state index contributed by atoms with van der Waals surface area (Å²) in [5.41, 5.74) is 0.917. The van der Waals surface area contributed by atoms with E-state index in [1.165, 1.54) is 0 Å². The Bertz CT molecular complexity index is 785. The Morgan fingerprint density at radius 2 is 2.05 bits per heavy atom. The molecule has 3 rings (SSSR count). The predicted molar refractivity (Wildman–Crippen MR) is 81.4 cm³/mol. The summed E-state index contributed by atoms with van der Waals surface area (Å²) in [6.45, 7) is 1.84. The number of hydrogen-bond acceptors (Lipinski definition) is 4. The molecule has 3 nitrogen and oxygen atoms in total. The number of rotatable bonds is 3. The highest BCUT2D eigenvalue weighted by atomic mass is 32.2. The zero-order chi connectivity index (χ0) is 13.8. The molecule has 98 valence electrons. The lowest BCUT2D eigenvalue weighted by Gasteiger charge is -2.05. The molecule has 3 aromatic rings. The van der Waals surface area contributed by atoms with Crippen molar-refractivity contribution in [1.82, 2.24) is 9.97 Å². The highest BCUT2D eigenvalue weighted by molar-refractivity contribution is 7.99. The van der Waals surface area contributed by atoms with E-state index in [9.17, 15) is 0 Å². The van der Waals surface area contributed by atoms with Crippen molar-refractivity contribution in [3.8, 4) is 23.4 Å². The maximum Gasteiger partial charge on any atom is 0.197 e. The van der Waals surface area contributed by atoms with Gasteiger partial charge in [-0.15, -0.1) is 5.92 Å². The number of hydrogen-bond donors (Lipinski definition) is 0. The predicted octanol–water partition coefficient (Wildman–Crippen LogP) is 4.01. The van der Waals surface area contributed by atoms with E-state index in [-0.39, 0.29) is 0 Å². The normalized spacial score (nSPS) is 10.2. The molecule has 4 heteroatoms. The molecular weight excluding hydrogens is 268 g/mol. The van der Waals surface area contributed by atoms with Crippen molar-refractivity contribution in [3.05, 3.63) is 42.7 Å². The molecule has 0 aliphatic heterocycles. The molecule has 0 aliphatic carbocycles. The van der Waals surface area contributed by atoms with Crippen LogP contribution in [0.15, 0.2) is 52.1 Å². The van der Waals surface area contributed by atoms with Gasteiger partial charge in [-0.05, 0) is 25.1 Å². The molecule has 0 amide bonds. The van der Waals surface area contributed by atoms with E-state index in [1.807, 2.05) is 43.3 Å². The lowest BCUT2D eigenvalue weighted by atomic mass is 10.2. The van der Waals surface area contributed by atoms with Gasteiger partial charge in [-0.3, -0.25) is 0 Å². The Labute approximate surface area is 121 Å². The Kier molecular flexibility index (Phi) is 3.71. The highest BCUT2D eigenvalue weighted by Gasteiger charge is 2.10. The zero-order valence-corrected chi connectivity index (χ0v) is 11.8. The van der Waals surface area contributed by atoms with Gasteiger partial charge in [0.15, 0.2) is 11.6 Å². The second-order valence-electron chi connectivity index (χ2n) is 4.06. The molecule has 0 saturated carbocycles. The lowest BCUT2D eigenvalue weighted by Crippen LogP contribution is -1.93. The van der Waals surface area contributed by atoms with Crippen LogP contribution in [0.2, 0.25) is 0 Å². The molecule has 0 radical (unpaired) electrons. The van der Waals surface area contributed by atoms with Crippen LogP contribution in [0.5, 0.6) is 0 Å². The molecule has 20 heavy (non-hydrogen) atoms. The van der Waals surface area contributed by atoms with Crippen LogP contribution in [-0.2, 0) is 0 Å². The second kappa shape index (κ2) is 5.81. The van der Waals surface area contributed by atoms with Crippen LogP contribution >= 0.6 is 11.8 Å². The fourth-order valence-corrected chi connectivity index (χ4v) is 2.68. The Morgan fingerprint density at radius 1 is 1.15 bits per heavy atom. The topological polar surface area (TPSA) is 38.9 Å². The summed E-state index contributed by atoms with van der Waals surface area (Å²) in [6.07, 6.45) is 1.63. The van der Waals surface area contributed by atoms with Gasteiger partial charge >= 0.3 is 0 Å². The first-order valence-corrected chi connectivity index (χ1v) is 7.20. The van der Waals surface area contributed by atoms with Crippen molar-refractivity contribution < 1.29 is 4.42 Å². The SMILES string of the molecule is CC#CCSc1nc(-c2ccco2)nc2ccccc12. The van der Waals surface area contributed by atoms with Gasteiger partial charge in [0.05, 0.1) is 17.5 Å². The van der Waals surface area contributed by atoms with Gasteiger partial charge in [-0.1, -0.05) is 35.9 Å². The summed E-state index contributed by atoms with van der Waals surface area (Å²) in [4.78, 5) is 9.16. The highest BCUT2D eigenvalue weighted by Crippen LogP contribution is 2.28. The summed E-state index contributed by atoms with van der Waals surface area (Å²) < 4.78 is 5.39. The average Bonchev–Trinajstić information content (AvgIpc) is 3.01. The van der Waals surface area contributed by atoms with Crippen molar-refractivity contribution in [2.45, 2.75) is 11.9 Å². The molecule has 0 unspecified atom stereocenters. The molecule has 0 saturated heterocycles. The maximum absolute atomic E-state index is 5.39. The lowest BCUT2D eigenvalue weighted by molar-refractivity contribution is 0.577. The monoisotopic (exact) mass is 280 g/mol. The van der Waals surface area contributed by atoms with Crippen molar-refractivity contribution in [1.29, 1.82) is 0 Å². The van der Waals surface area contributed by atoms with Crippen LogP contribution in [0, 0.1) is 11.8 Å². The fourth-order valence-electron chi connectivity index (χ4n) is 1.85. The quantitative estimate of drug-likeness (QED) is 0.413. The van der Waals surface area contributed by atoms with Crippen LogP contribution in [0.4, 0.5) is 0 Å². The van der Waals surface area contributed by atoms with E-state index < -0.39 is 0 Å². The molecule has 0 fully saturated rings. The van der Waals surface area contributed by atoms with Crippen LogP contribution in [-0.4, -0.2) is 15.7 Å². The molecule has 2 heterocycles. The van der Waals surface area contributed by atoms with Crippen LogP contribution in [0.1, 0.15) is 6.92 Å². The minimum absolute atomic E-state index is 0.612. The van der Waals surface area contributed by atoms with E-state index >= 15 is 0 Å². The fraction of sp³-hybridized carbons (Fsp3) is 0.125. The summed E-state index contributed by atoms with van der Waals surface area (Å²) in [5, 5.41) is 1.98. The van der Waals surface area contributed by atoms with Crippen molar-refractivity contribution in [2.75, 3.05) is 5.75 Å². The number of aromatic nitrogens is 2. The number of furan rings is 1. The molecule has 0 bridgehead atoms. The van der Waals surface area contributed by atoms with E-state index in [0.29, 0.717) is 11.6 Å². The summed E-state index contributed by atoms with van der Waals surface area (Å²) in [7, 11) is 0. The largest absolute Gasteiger partial charge is 0.461 e. The first-order chi connectivity index (χ1) is 9.88. The molecule has 0 spiro atoms. The summed E-state index contributed by atoms with van der Waals surface area (Å²) in [6, 6.07) is 11.7. The summed E-state index contributed by atoms with van der Waals surface area (Å²) in [5.74, 6) is 7.95. The van der Waals surface area contributed by atoms with Gasteiger partial charge in [-0.2, -0.15) is 0 Å². The number of thioether (sulfide) groups is 1. The van der Waals surface area contributed by atoms with Gasteiger partial charge in [0.25, 0.3) is 0 Å². The van der Waals surface area contributed by atoms with Gasteiger partial charge in [0.2, 0.25) is 0 Å². The van der Waals surface area contributed by atoms with E-state index in [0.717, 1.165) is 21.7 Å². The molecule has 0 atom stereocenters. The third-order valence-corrected chi connectivity index (χ3v) is 3.64. The minimum Gasteiger partial charge on any atom is -0.461 e. The van der Waals surface area contributed by atoms with Crippen LogP contribution in [0.3, 0.4) is 0 Å². The maximum atomic E-state index is 5.39. The molecule has 0 aliphatic rings. The third-order valence-electron chi connectivity index (χ3n) is 2.77. The van der Waals surface area contributed by atoms with Crippen molar-refractivity contribution in [2.24, 2.45) is 0 Å². The van der Waals surface area contributed by atoms with Crippen LogP contribution in [0.25, 0.3) is 22.5 Å². The third kappa shape index (κ3) is 2.54. The van der Waals surface area contributed by atoms with Gasteiger partial charge in [0.1, 0.15) is 5.03 Å². The summed E-state index contributed by atoms with van der Waals surface area (Å²) >= 11 is 1.62. The molecular formula is C16H12N2OS. The van der Waals surface area contributed by atoms with Crippen molar-refractivity contribution in [3.63, 3.8) is 0 Å². The van der Waals surface area contributed by atoms with Gasteiger partial charge in [0, 0.05) is 5.39 Å². The van der Waals surface area contributed by atoms with E-state index in [2.05, 4.69) is 21.8 Å². The smallest absolute Gasteiger partial charge is 0.197 e. The van der Waals surface area contributed by atoms with E-state index in [1.54, 1.807) is 18.0 Å². The number of fused-ring (bicyclic) bond motifs is 1. The van der Waals surface area contributed by atoms with Gasteiger partial charge in [-0.25, -0.2) is 9.97 Å². The molecule has 1 aromatic carbocycles.